The first-order valence-corrected chi connectivity index (χ1v) is 11.1. The minimum Gasteiger partial charge on any atom is -0.494 e. The van der Waals surface area contributed by atoms with Crippen LogP contribution in [-0.4, -0.2) is 68.9 Å². The van der Waals surface area contributed by atoms with E-state index in [4.69, 9.17) is 14.2 Å². The third kappa shape index (κ3) is 8.50. The normalized spacial score (nSPS) is 10.2. The maximum atomic E-state index is 12.4. The van der Waals surface area contributed by atoms with Crippen molar-refractivity contribution in [3.05, 3.63) is 54.1 Å². The van der Waals surface area contributed by atoms with Crippen LogP contribution in [0.4, 0.5) is 0 Å². The van der Waals surface area contributed by atoms with Gasteiger partial charge in [0.05, 0.1) is 24.5 Å². The number of nitrogens with one attached hydrogen (secondary N) is 1. The zero-order valence-electron chi connectivity index (χ0n) is 18.5. The van der Waals surface area contributed by atoms with Crippen molar-refractivity contribution in [1.29, 1.82) is 0 Å². The quantitative estimate of drug-likeness (QED) is 0.296. The van der Waals surface area contributed by atoms with Crippen molar-refractivity contribution >= 4 is 29.5 Å². The van der Waals surface area contributed by atoms with E-state index >= 15 is 0 Å². The molecule has 0 atom stereocenters. The molecule has 0 aromatic heterocycles. The summed E-state index contributed by atoms with van der Waals surface area (Å²) in [6, 6.07) is 14.0. The topological polar surface area (TPSA) is 94.2 Å². The summed E-state index contributed by atoms with van der Waals surface area (Å²) in [6.07, 6.45) is 0. The van der Waals surface area contributed by atoms with Crippen LogP contribution in [0.25, 0.3) is 0 Å². The van der Waals surface area contributed by atoms with Gasteiger partial charge < -0.3 is 24.4 Å². The first-order valence-electron chi connectivity index (χ1n) is 10.1. The van der Waals surface area contributed by atoms with Crippen molar-refractivity contribution in [3.63, 3.8) is 0 Å². The van der Waals surface area contributed by atoms with Crippen LogP contribution in [0.5, 0.6) is 11.5 Å². The van der Waals surface area contributed by atoms with Gasteiger partial charge in [-0.3, -0.25) is 9.59 Å². The Morgan fingerprint density at radius 1 is 0.969 bits per heavy atom. The van der Waals surface area contributed by atoms with Crippen molar-refractivity contribution < 1.29 is 28.6 Å². The maximum Gasteiger partial charge on any atom is 0.339 e. The van der Waals surface area contributed by atoms with Gasteiger partial charge in [0.25, 0.3) is 5.91 Å². The lowest BCUT2D eigenvalue weighted by Crippen LogP contribution is -2.32. The number of hydrogen-bond donors (Lipinski definition) is 1. The number of benzene rings is 2. The lowest BCUT2D eigenvalue weighted by Gasteiger charge is -2.12. The molecule has 0 saturated heterocycles. The Kier molecular flexibility index (Phi) is 10.4. The van der Waals surface area contributed by atoms with E-state index in [0.717, 1.165) is 5.75 Å². The highest BCUT2D eigenvalue weighted by atomic mass is 32.2. The van der Waals surface area contributed by atoms with E-state index in [1.807, 2.05) is 19.1 Å². The fourth-order valence-corrected chi connectivity index (χ4v) is 3.47. The average molecular weight is 461 g/mol. The number of nitrogens with zero attached hydrogens (tertiary/aromatic N) is 1. The molecule has 0 fully saturated rings. The highest BCUT2D eigenvalue weighted by Gasteiger charge is 2.16. The fourth-order valence-electron chi connectivity index (χ4n) is 2.45. The monoisotopic (exact) mass is 460 g/mol. The number of thioether (sulfide) groups is 1. The van der Waals surface area contributed by atoms with Crippen LogP contribution in [0.15, 0.2) is 53.4 Å². The van der Waals surface area contributed by atoms with E-state index < -0.39 is 18.5 Å². The standard InChI is InChI=1S/C23H28N2O6S/c1-4-29-17-9-11-18(12-10-17)30-14-13-24-21(26)15-31-23(28)19-7-5-6-8-20(19)32-16-22(27)25(2)3/h5-12H,4,13-16H2,1-3H3,(H,24,26). The van der Waals surface area contributed by atoms with Crippen molar-refractivity contribution in [3.8, 4) is 11.5 Å². The summed E-state index contributed by atoms with van der Waals surface area (Å²) in [7, 11) is 3.34. The molecule has 172 valence electrons. The molecule has 0 radical (unpaired) electrons. The van der Waals surface area contributed by atoms with Crippen molar-refractivity contribution in [2.24, 2.45) is 0 Å². The Labute approximate surface area is 192 Å². The van der Waals surface area contributed by atoms with E-state index in [0.29, 0.717) is 22.8 Å². The smallest absolute Gasteiger partial charge is 0.339 e. The Morgan fingerprint density at radius 2 is 1.62 bits per heavy atom. The molecule has 8 nitrogen and oxygen atoms in total. The summed E-state index contributed by atoms with van der Waals surface area (Å²) in [5, 5.41) is 2.64. The first-order chi connectivity index (χ1) is 15.4. The molecule has 2 aromatic rings. The minimum absolute atomic E-state index is 0.0648. The van der Waals surface area contributed by atoms with Gasteiger partial charge in [-0.2, -0.15) is 0 Å². The van der Waals surface area contributed by atoms with E-state index in [2.05, 4.69) is 5.32 Å². The summed E-state index contributed by atoms with van der Waals surface area (Å²) in [5.41, 5.74) is 0.315. The van der Waals surface area contributed by atoms with Crippen molar-refractivity contribution in [2.75, 3.05) is 46.2 Å². The zero-order chi connectivity index (χ0) is 23.3. The molecule has 0 aliphatic heterocycles. The Bertz CT molecular complexity index is 902. The van der Waals surface area contributed by atoms with Crippen LogP contribution in [0.2, 0.25) is 0 Å². The van der Waals surface area contributed by atoms with Gasteiger partial charge in [-0.15, -0.1) is 11.8 Å². The second kappa shape index (κ2) is 13.3. The van der Waals surface area contributed by atoms with Crippen LogP contribution in [0.3, 0.4) is 0 Å². The number of carbonyl (C=O) groups is 3. The molecule has 32 heavy (non-hydrogen) atoms. The van der Waals surface area contributed by atoms with Gasteiger partial charge in [-0.25, -0.2) is 4.79 Å². The van der Waals surface area contributed by atoms with E-state index in [1.165, 1.54) is 16.7 Å². The molecular formula is C23H28N2O6S. The number of rotatable bonds is 12. The molecule has 0 unspecified atom stereocenters. The number of hydrogen-bond acceptors (Lipinski definition) is 7. The van der Waals surface area contributed by atoms with Gasteiger partial charge in [0, 0.05) is 19.0 Å². The van der Waals surface area contributed by atoms with Crippen LogP contribution in [0.1, 0.15) is 17.3 Å². The van der Waals surface area contributed by atoms with E-state index in [-0.39, 0.29) is 24.8 Å². The summed E-state index contributed by atoms with van der Waals surface area (Å²) in [6.45, 7) is 2.64. The molecule has 0 aliphatic carbocycles. The van der Waals surface area contributed by atoms with E-state index in [9.17, 15) is 14.4 Å². The minimum atomic E-state index is -0.619. The highest BCUT2D eigenvalue weighted by molar-refractivity contribution is 8.00. The predicted molar refractivity (Wildman–Crippen MR) is 122 cm³/mol. The van der Waals surface area contributed by atoms with Gasteiger partial charge in [0.2, 0.25) is 5.91 Å². The molecular weight excluding hydrogens is 432 g/mol. The Balaban J connectivity index is 1.72. The molecule has 0 bridgehead atoms. The second-order valence-electron chi connectivity index (χ2n) is 6.75. The predicted octanol–water partition coefficient (Wildman–Crippen LogP) is 2.62. The largest absolute Gasteiger partial charge is 0.494 e. The van der Waals surface area contributed by atoms with Crippen LogP contribution in [-0.2, 0) is 14.3 Å². The number of carbonyl (C=O) groups excluding carboxylic acids is 3. The van der Waals surface area contributed by atoms with Crippen LogP contribution in [0, 0.1) is 0 Å². The van der Waals surface area contributed by atoms with Gasteiger partial charge in [-0.1, -0.05) is 12.1 Å². The maximum absolute atomic E-state index is 12.4. The third-order valence-corrected chi connectivity index (χ3v) is 5.18. The fraction of sp³-hybridized carbons (Fsp3) is 0.348. The summed E-state index contributed by atoms with van der Waals surface area (Å²) in [4.78, 5) is 38.3. The second-order valence-corrected chi connectivity index (χ2v) is 7.77. The van der Waals surface area contributed by atoms with Crippen molar-refractivity contribution in [1.82, 2.24) is 10.2 Å². The molecule has 1 N–H and O–H groups in total. The zero-order valence-corrected chi connectivity index (χ0v) is 19.3. The molecule has 0 aliphatic rings. The van der Waals surface area contributed by atoms with Gasteiger partial charge >= 0.3 is 5.97 Å². The molecule has 9 heteroatoms. The molecule has 0 saturated carbocycles. The molecule has 2 aromatic carbocycles. The van der Waals surface area contributed by atoms with Gasteiger partial charge in [0.15, 0.2) is 6.61 Å². The molecule has 2 amide bonds. The Hall–Kier alpha value is -3.20. The number of esters is 1. The lowest BCUT2D eigenvalue weighted by molar-refractivity contribution is -0.126. The summed E-state index contributed by atoms with van der Waals surface area (Å²) >= 11 is 1.25. The molecule has 2 rings (SSSR count). The summed E-state index contributed by atoms with van der Waals surface area (Å²) in [5.74, 6) is 0.513. The lowest BCUT2D eigenvalue weighted by atomic mass is 10.2. The highest BCUT2D eigenvalue weighted by Crippen LogP contribution is 2.23. The number of amides is 2. The first kappa shape index (κ1) is 25.1. The number of ether oxygens (including phenoxy) is 3. The average Bonchev–Trinajstić information content (AvgIpc) is 2.80. The summed E-state index contributed by atoms with van der Waals surface area (Å²) < 4.78 is 16.0. The SMILES string of the molecule is CCOc1ccc(OCCNC(=O)COC(=O)c2ccccc2SCC(=O)N(C)C)cc1. The van der Waals surface area contributed by atoms with Crippen LogP contribution >= 0.6 is 11.8 Å². The Morgan fingerprint density at radius 3 is 2.28 bits per heavy atom. The van der Waals surface area contributed by atoms with Gasteiger partial charge in [0.1, 0.15) is 18.1 Å². The third-order valence-electron chi connectivity index (χ3n) is 4.12. The van der Waals surface area contributed by atoms with Crippen molar-refractivity contribution in [2.45, 2.75) is 11.8 Å². The van der Waals surface area contributed by atoms with E-state index in [1.54, 1.807) is 50.5 Å². The molecule has 0 spiro atoms. The van der Waals surface area contributed by atoms with Crippen LogP contribution < -0.4 is 14.8 Å². The molecule has 0 heterocycles. The van der Waals surface area contributed by atoms with Gasteiger partial charge in [-0.05, 0) is 43.3 Å².